The van der Waals surface area contributed by atoms with Crippen LogP contribution in [-0.2, 0) is 4.79 Å². The molecular formula is C9H11NO4. The third kappa shape index (κ3) is 1.16. The van der Waals surface area contributed by atoms with Crippen molar-refractivity contribution in [1.29, 1.82) is 0 Å². The van der Waals surface area contributed by atoms with Crippen molar-refractivity contribution < 1.29 is 19.8 Å². The summed E-state index contributed by atoms with van der Waals surface area (Å²) in [5, 5.41) is 17.8. The van der Waals surface area contributed by atoms with Crippen LogP contribution in [0.3, 0.4) is 0 Å². The van der Waals surface area contributed by atoms with E-state index in [9.17, 15) is 9.59 Å². The number of carboxylic acid groups (broad SMARTS) is 2. The molecule has 2 aliphatic rings. The van der Waals surface area contributed by atoms with Gasteiger partial charge in [-0.2, -0.15) is 0 Å². The van der Waals surface area contributed by atoms with Gasteiger partial charge >= 0.3 is 12.1 Å². The van der Waals surface area contributed by atoms with Crippen molar-refractivity contribution in [3.05, 3.63) is 12.2 Å². The number of hydrogen-bond donors (Lipinski definition) is 2. The zero-order valence-corrected chi connectivity index (χ0v) is 7.46. The molecule has 76 valence electrons. The van der Waals surface area contributed by atoms with Gasteiger partial charge in [0.15, 0.2) is 0 Å². The Kier molecular flexibility index (Phi) is 1.94. The largest absolute Gasteiger partial charge is 0.480 e. The average molecular weight is 197 g/mol. The molecule has 0 aromatic rings. The van der Waals surface area contributed by atoms with Crippen LogP contribution in [0.2, 0.25) is 0 Å². The van der Waals surface area contributed by atoms with E-state index in [0.717, 1.165) is 11.3 Å². The monoisotopic (exact) mass is 197 g/mol. The van der Waals surface area contributed by atoms with E-state index >= 15 is 0 Å². The predicted molar refractivity (Wildman–Crippen MR) is 46.9 cm³/mol. The van der Waals surface area contributed by atoms with Crippen molar-refractivity contribution in [2.75, 3.05) is 6.54 Å². The zero-order chi connectivity index (χ0) is 10.3. The second-order valence-corrected chi connectivity index (χ2v) is 3.72. The highest BCUT2D eigenvalue weighted by Gasteiger charge is 2.47. The molecular weight excluding hydrogens is 186 g/mol. The summed E-state index contributed by atoms with van der Waals surface area (Å²) in [6, 6.07) is -0.892. The molecule has 5 nitrogen and oxygen atoms in total. The summed E-state index contributed by atoms with van der Waals surface area (Å²) in [6.07, 6.45) is 3.41. The average Bonchev–Trinajstić information content (AvgIpc) is 2.58. The van der Waals surface area contributed by atoms with Gasteiger partial charge < -0.3 is 10.2 Å². The Labute approximate surface area is 80.6 Å². The van der Waals surface area contributed by atoms with E-state index in [2.05, 4.69) is 0 Å². The minimum Gasteiger partial charge on any atom is -0.480 e. The van der Waals surface area contributed by atoms with Crippen LogP contribution in [0.25, 0.3) is 0 Å². The molecule has 0 radical (unpaired) electrons. The lowest BCUT2D eigenvalue weighted by Gasteiger charge is -2.19. The third-order valence-electron chi connectivity index (χ3n) is 2.97. The summed E-state index contributed by atoms with van der Waals surface area (Å²) in [4.78, 5) is 22.7. The molecule has 1 aliphatic heterocycles. The molecule has 1 heterocycles. The summed E-state index contributed by atoms with van der Waals surface area (Å²) in [6.45, 7) is 0.337. The fraction of sp³-hybridized carbons (Fsp3) is 0.556. The number of rotatable bonds is 1. The molecule has 1 fully saturated rings. The maximum absolute atomic E-state index is 10.9. The first kappa shape index (κ1) is 9.05. The van der Waals surface area contributed by atoms with Gasteiger partial charge in [-0.25, -0.2) is 9.59 Å². The highest BCUT2D eigenvalue weighted by molar-refractivity contribution is 5.81. The third-order valence-corrected chi connectivity index (χ3v) is 2.97. The highest BCUT2D eigenvalue weighted by atomic mass is 16.4. The normalized spacial score (nSPS) is 34.6. The standard InChI is InChI=1S/C9H11NO4/c11-8(12)7-6-3-1-2-5(6)4-10(7)9(13)14/h1,3,5-7H,2,4H2,(H,11,12)(H,13,14)/t5?,6?,7-/m0/s1. The molecule has 0 aromatic heterocycles. The molecule has 0 bridgehead atoms. The number of fused-ring (bicyclic) bond motifs is 1. The van der Waals surface area contributed by atoms with Gasteiger partial charge in [-0.1, -0.05) is 12.2 Å². The van der Waals surface area contributed by atoms with E-state index in [-0.39, 0.29) is 11.8 Å². The minimum absolute atomic E-state index is 0.136. The number of carboxylic acids is 1. The molecule has 2 N–H and O–H groups in total. The smallest absolute Gasteiger partial charge is 0.408 e. The molecule has 1 saturated heterocycles. The van der Waals surface area contributed by atoms with Crippen LogP contribution in [0.15, 0.2) is 12.2 Å². The zero-order valence-electron chi connectivity index (χ0n) is 7.46. The number of hydrogen-bond acceptors (Lipinski definition) is 2. The molecule has 5 heteroatoms. The van der Waals surface area contributed by atoms with Gasteiger partial charge in [0.1, 0.15) is 6.04 Å². The SMILES string of the molecule is O=C(O)[C@@H]1C2C=CCC2CN1C(=O)O. The number of likely N-dealkylation sites (tertiary alicyclic amines) is 1. The maximum Gasteiger partial charge on any atom is 0.408 e. The van der Waals surface area contributed by atoms with E-state index in [1.54, 1.807) is 0 Å². The number of nitrogens with zero attached hydrogens (tertiary/aromatic N) is 1. The van der Waals surface area contributed by atoms with Crippen molar-refractivity contribution in [3.8, 4) is 0 Å². The topological polar surface area (TPSA) is 77.8 Å². The van der Waals surface area contributed by atoms with Gasteiger partial charge in [0.25, 0.3) is 0 Å². The molecule has 2 unspecified atom stereocenters. The molecule has 0 aromatic carbocycles. The quantitative estimate of drug-likeness (QED) is 0.604. The Morgan fingerprint density at radius 3 is 2.64 bits per heavy atom. The van der Waals surface area contributed by atoms with Crippen molar-refractivity contribution >= 4 is 12.1 Å². The lowest BCUT2D eigenvalue weighted by molar-refractivity contribution is -0.142. The predicted octanol–water partition coefficient (Wildman–Crippen LogP) is 0.625. The van der Waals surface area contributed by atoms with E-state index in [0.29, 0.717) is 6.54 Å². The fourth-order valence-corrected chi connectivity index (χ4v) is 2.35. The second kappa shape index (κ2) is 3.01. The number of amides is 1. The van der Waals surface area contributed by atoms with Crippen molar-refractivity contribution in [2.24, 2.45) is 11.8 Å². The highest BCUT2D eigenvalue weighted by Crippen LogP contribution is 2.37. The first-order valence-electron chi connectivity index (χ1n) is 4.50. The van der Waals surface area contributed by atoms with Crippen molar-refractivity contribution in [1.82, 2.24) is 4.90 Å². The van der Waals surface area contributed by atoms with Gasteiger partial charge in [-0.05, 0) is 12.3 Å². The number of allylic oxidation sites excluding steroid dienone is 1. The van der Waals surface area contributed by atoms with Gasteiger partial charge in [-0.3, -0.25) is 4.90 Å². The Morgan fingerprint density at radius 1 is 1.36 bits per heavy atom. The molecule has 0 spiro atoms. The van der Waals surface area contributed by atoms with Gasteiger partial charge in [0.05, 0.1) is 0 Å². The minimum atomic E-state index is -1.14. The van der Waals surface area contributed by atoms with E-state index in [4.69, 9.17) is 10.2 Å². The van der Waals surface area contributed by atoms with Crippen LogP contribution < -0.4 is 0 Å². The molecule has 2 rings (SSSR count). The van der Waals surface area contributed by atoms with Crippen LogP contribution in [-0.4, -0.2) is 39.8 Å². The summed E-state index contributed by atoms with van der Waals surface area (Å²) >= 11 is 0. The van der Waals surface area contributed by atoms with E-state index in [1.807, 2.05) is 12.2 Å². The van der Waals surface area contributed by atoms with Crippen LogP contribution >= 0.6 is 0 Å². The van der Waals surface area contributed by atoms with Crippen LogP contribution in [0, 0.1) is 11.8 Å². The Morgan fingerprint density at radius 2 is 2.07 bits per heavy atom. The van der Waals surface area contributed by atoms with E-state index in [1.165, 1.54) is 0 Å². The summed E-state index contributed by atoms with van der Waals surface area (Å²) in [5.74, 6) is -1.03. The lowest BCUT2D eigenvalue weighted by atomic mass is 9.94. The second-order valence-electron chi connectivity index (χ2n) is 3.72. The first-order valence-corrected chi connectivity index (χ1v) is 4.50. The van der Waals surface area contributed by atoms with E-state index < -0.39 is 18.1 Å². The number of carbonyl (C=O) groups is 2. The maximum atomic E-state index is 10.9. The van der Waals surface area contributed by atoms with Crippen molar-refractivity contribution in [2.45, 2.75) is 12.5 Å². The number of aliphatic carboxylic acids is 1. The molecule has 3 atom stereocenters. The Bertz CT molecular complexity index is 312. The fourth-order valence-electron chi connectivity index (χ4n) is 2.35. The summed E-state index contributed by atoms with van der Waals surface area (Å²) < 4.78 is 0. The Balaban J connectivity index is 2.26. The summed E-state index contributed by atoms with van der Waals surface area (Å²) in [7, 11) is 0. The lowest BCUT2D eigenvalue weighted by Crippen LogP contribution is -2.42. The summed E-state index contributed by atoms with van der Waals surface area (Å²) in [5.41, 5.74) is 0. The van der Waals surface area contributed by atoms with Crippen molar-refractivity contribution in [3.63, 3.8) is 0 Å². The molecule has 0 saturated carbocycles. The van der Waals surface area contributed by atoms with Gasteiger partial charge in [0.2, 0.25) is 0 Å². The van der Waals surface area contributed by atoms with Crippen LogP contribution in [0.5, 0.6) is 0 Å². The molecule has 1 aliphatic carbocycles. The molecule has 14 heavy (non-hydrogen) atoms. The first-order chi connectivity index (χ1) is 6.61. The Hall–Kier alpha value is -1.52. The van der Waals surface area contributed by atoms with Gasteiger partial charge in [-0.15, -0.1) is 0 Å². The molecule has 1 amide bonds. The van der Waals surface area contributed by atoms with Crippen LogP contribution in [0.1, 0.15) is 6.42 Å². The van der Waals surface area contributed by atoms with Crippen LogP contribution in [0.4, 0.5) is 4.79 Å². The van der Waals surface area contributed by atoms with Gasteiger partial charge in [0, 0.05) is 12.5 Å².